The maximum atomic E-state index is 12.3. The van der Waals surface area contributed by atoms with E-state index in [2.05, 4.69) is 17.4 Å². The molecule has 1 saturated heterocycles. The van der Waals surface area contributed by atoms with Crippen LogP contribution in [0.2, 0.25) is 0 Å². The number of aliphatic hydroxyl groups excluding tert-OH is 1. The van der Waals surface area contributed by atoms with Gasteiger partial charge in [0.2, 0.25) is 5.91 Å². The molecule has 2 rings (SSSR count). The molecule has 1 aliphatic rings. The second-order valence-electron chi connectivity index (χ2n) is 6.58. The van der Waals surface area contributed by atoms with Crippen molar-refractivity contribution in [2.24, 2.45) is 11.8 Å². The maximum absolute atomic E-state index is 12.3. The van der Waals surface area contributed by atoms with E-state index in [1.165, 1.54) is 5.56 Å². The van der Waals surface area contributed by atoms with Crippen molar-refractivity contribution in [3.05, 3.63) is 35.9 Å². The number of amides is 1. The number of hydrogen-bond donors (Lipinski definition) is 2. The molecule has 22 heavy (non-hydrogen) atoms. The number of nitrogens with zero attached hydrogens (tertiary/aromatic N) is 1. The molecule has 4 heteroatoms. The second-order valence-corrected chi connectivity index (χ2v) is 6.58. The highest BCUT2D eigenvalue weighted by Crippen LogP contribution is 2.21. The van der Waals surface area contributed by atoms with Crippen LogP contribution < -0.4 is 5.32 Å². The van der Waals surface area contributed by atoms with Gasteiger partial charge in [-0.15, -0.1) is 0 Å². The van der Waals surface area contributed by atoms with E-state index in [-0.39, 0.29) is 18.4 Å². The first-order chi connectivity index (χ1) is 10.6. The summed E-state index contributed by atoms with van der Waals surface area (Å²) < 4.78 is 0. The summed E-state index contributed by atoms with van der Waals surface area (Å²) in [6, 6.07) is 10.6. The summed E-state index contributed by atoms with van der Waals surface area (Å²) in [7, 11) is 0. The van der Waals surface area contributed by atoms with Crippen LogP contribution in [0.5, 0.6) is 0 Å². The van der Waals surface area contributed by atoms with Crippen molar-refractivity contribution < 1.29 is 9.90 Å². The van der Waals surface area contributed by atoms with E-state index in [1.807, 2.05) is 36.9 Å². The number of nitrogens with one attached hydrogen (secondary N) is 1. The van der Waals surface area contributed by atoms with Gasteiger partial charge in [0, 0.05) is 38.2 Å². The predicted molar refractivity (Wildman–Crippen MR) is 88.3 cm³/mol. The van der Waals surface area contributed by atoms with Crippen LogP contribution in [0.1, 0.15) is 32.3 Å². The Balaban J connectivity index is 1.95. The van der Waals surface area contributed by atoms with Gasteiger partial charge in [-0.1, -0.05) is 44.2 Å². The molecular formula is C18H28N2O2. The van der Waals surface area contributed by atoms with Crippen molar-refractivity contribution in [1.82, 2.24) is 10.2 Å². The van der Waals surface area contributed by atoms with Crippen LogP contribution in [-0.2, 0) is 11.3 Å². The molecular weight excluding hydrogens is 276 g/mol. The fraction of sp³-hybridized carbons (Fsp3) is 0.611. The van der Waals surface area contributed by atoms with Crippen LogP contribution in [0.15, 0.2) is 30.3 Å². The van der Waals surface area contributed by atoms with E-state index in [4.69, 9.17) is 0 Å². The van der Waals surface area contributed by atoms with Crippen LogP contribution in [-0.4, -0.2) is 41.7 Å². The first kappa shape index (κ1) is 17.0. The highest BCUT2D eigenvalue weighted by atomic mass is 16.3. The third-order valence-corrected chi connectivity index (χ3v) is 4.32. The third-order valence-electron chi connectivity index (χ3n) is 4.32. The number of aliphatic hydroxyl groups is 1. The Morgan fingerprint density at radius 2 is 2.05 bits per heavy atom. The number of carbonyl (C=O) groups excluding carboxylic acids is 1. The van der Waals surface area contributed by atoms with Gasteiger partial charge in [0.25, 0.3) is 0 Å². The molecule has 1 aliphatic heterocycles. The average molecular weight is 304 g/mol. The van der Waals surface area contributed by atoms with E-state index in [1.54, 1.807) is 0 Å². The number of rotatable bonds is 6. The Morgan fingerprint density at radius 3 is 2.68 bits per heavy atom. The highest BCUT2D eigenvalue weighted by molar-refractivity contribution is 5.78. The van der Waals surface area contributed by atoms with Gasteiger partial charge in [-0.3, -0.25) is 4.79 Å². The monoisotopic (exact) mass is 304 g/mol. The van der Waals surface area contributed by atoms with Crippen molar-refractivity contribution in [3.8, 4) is 0 Å². The van der Waals surface area contributed by atoms with Crippen molar-refractivity contribution in [3.63, 3.8) is 0 Å². The van der Waals surface area contributed by atoms with E-state index >= 15 is 0 Å². The standard InChI is InChI=1S/C18H28N2O2/c1-14(2)18(22)20-12-16(8-9-21)10-17(13-20)19-11-15-6-4-3-5-7-15/h3-7,14,16-17,19,21H,8-13H2,1-2H3. The Bertz CT molecular complexity index is 461. The predicted octanol–water partition coefficient (Wildman–Crippen LogP) is 2.03. The molecule has 2 atom stereocenters. The Hall–Kier alpha value is -1.39. The molecule has 1 amide bonds. The molecule has 2 N–H and O–H groups in total. The van der Waals surface area contributed by atoms with Crippen LogP contribution in [0.4, 0.5) is 0 Å². The van der Waals surface area contributed by atoms with Gasteiger partial charge < -0.3 is 15.3 Å². The van der Waals surface area contributed by atoms with Crippen molar-refractivity contribution in [2.75, 3.05) is 19.7 Å². The summed E-state index contributed by atoms with van der Waals surface area (Å²) in [5.74, 6) is 0.631. The average Bonchev–Trinajstić information content (AvgIpc) is 2.53. The lowest BCUT2D eigenvalue weighted by Crippen LogP contribution is -2.52. The molecule has 0 saturated carbocycles. The molecule has 4 nitrogen and oxygen atoms in total. The molecule has 1 aromatic rings. The fourth-order valence-corrected chi connectivity index (χ4v) is 3.15. The van der Waals surface area contributed by atoms with E-state index in [9.17, 15) is 9.90 Å². The largest absolute Gasteiger partial charge is 0.396 e. The fourth-order valence-electron chi connectivity index (χ4n) is 3.15. The van der Waals surface area contributed by atoms with Gasteiger partial charge in [0.05, 0.1) is 0 Å². The molecule has 2 unspecified atom stereocenters. The summed E-state index contributed by atoms with van der Waals surface area (Å²) in [6.45, 7) is 6.46. The Kier molecular flexibility index (Phi) is 6.40. The molecule has 1 fully saturated rings. The number of piperidine rings is 1. The first-order valence-corrected chi connectivity index (χ1v) is 8.27. The highest BCUT2D eigenvalue weighted by Gasteiger charge is 2.30. The minimum atomic E-state index is 0.0302. The molecule has 0 radical (unpaired) electrons. The lowest BCUT2D eigenvalue weighted by atomic mass is 9.91. The van der Waals surface area contributed by atoms with Gasteiger partial charge in [0.1, 0.15) is 0 Å². The van der Waals surface area contributed by atoms with Crippen LogP contribution in [0.3, 0.4) is 0 Å². The quantitative estimate of drug-likeness (QED) is 0.845. The molecule has 0 aliphatic carbocycles. The Labute approximate surface area is 133 Å². The summed E-state index contributed by atoms with van der Waals surface area (Å²) in [5.41, 5.74) is 1.26. The number of hydrogen-bond acceptors (Lipinski definition) is 3. The lowest BCUT2D eigenvalue weighted by molar-refractivity contribution is -0.137. The van der Waals surface area contributed by atoms with Gasteiger partial charge in [-0.05, 0) is 24.3 Å². The van der Waals surface area contributed by atoms with Gasteiger partial charge in [-0.25, -0.2) is 0 Å². The molecule has 0 spiro atoms. The molecule has 1 heterocycles. The molecule has 0 aromatic heterocycles. The minimum absolute atomic E-state index is 0.0302. The Morgan fingerprint density at radius 1 is 1.32 bits per heavy atom. The van der Waals surface area contributed by atoms with Gasteiger partial charge in [0.15, 0.2) is 0 Å². The summed E-state index contributed by atoms with van der Waals surface area (Å²) in [4.78, 5) is 14.3. The van der Waals surface area contributed by atoms with E-state index in [0.29, 0.717) is 12.0 Å². The van der Waals surface area contributed by atoms with Crippen LogP contribution >= 0.6 is 0 Å². The van der Waals surface area contributed by atoms with Crippen molar-refractivity contribution in [1.29, 1.82) is 0 Å². The van der Waals surface area contributed by atoms with E-state index in [0.717, 1.165) is 32.5 Å². The van der Waals surface area contributed by atoms with Gasteiger partial charge in [-0.2, -0.15) is 0 Å². The molecule has 122 valence electrons. The van der Waals surface area contributed by atoms with Crippen molar-refractivity contribution >= 4 is 5.91 Å². The maximum Gasteiger partial charge on any atom is 0.225 e. The van der Waals surface area contributed by atoms with E-state index < -0.39 is 0 Å². The summed E-state index contributed by atoms with van der Waals surface area (Å²) in [6.07, 6.45) is 1.79. The zero-order chi connectivity index (χ0) is 15.9. The zero-order valence-corrected chi connectivity index (χ0v) is 13.7. The van der Waals surface area contributed by atoms with Gasteiger partial charge >= 0.3 is 0 Å². The normalized spacial score (nSPS) is 22.1. The summed E-state index contributed by atoms with van der Waals surface area (Å²) in [5, 5.41) is 12.8. The molecule has 1 aromatic carbocycles. The van der Waals surface area contributed by atoms with Crippen molar-refractivity contribution in [2.45, 2.75) is 39.3 Å². The minimum Gasteiger partial charge on any atom is -0.396 e. The van der Waals surface area contributed by atoms with Crippen LogP contribution in [0.25, 0.3) is 0 Å². The lowest BCUT2D eigenvalue weighted by Gasteiger charge is -2.39. The zero-order valence-electron chi connectivity index (χ0n) is 13.7. The second kappa shape index (κ2) is 8.30. The molecule has 0 bridgehead atoms. The number of likely N-dealkylation sites (tertiary alicyclic amines) is 1. The third kappa shape index (κ3) is 4.82. The SMILES string of the molecule is CC(C)C(=O)N1CC(CCO)CC(NCc2ccccc2)C1. The summed E-state index contributed by atoms with van der Waals surface area (Å²) >= 11 is 0. The smallest absolute Gasteiger partial charge is 0.225 e. The number of carbonyl (C=O) groups is 1. The van der Waals surface area contributed by atoms with Crippen LogP contribution in [0, 0.1) is 11.8 Å². The topological polar surface area (TPSA) is 52.6 Å². The first-order valence-electron chi connectivity index (χ1n) is 8.27. The number of benzene rings is 1.